The highest BCUT2D eigenvalue weighted by Gasteiger charge is 2.00. The fourth-order valence-electron chi connectivity index (χ4n) is 1.67. The van der Waals surface area contributed by atoms with E-state index in [2.05, 4.69) is 41.2 Å². The van der Waals surface area contributed by atoms with Crippen molar-refractivity contribution in [3.63, 3.8) is 0 Å². The number of carbonyl (C=O) groups excluding carboxylic acids is 1. The quantitative estimate of drug-likeness (QED) is 0.547. The summed E-state index contributed by atoms with van der Waals surface area (Å²) in [6, 6.07) is 8.60. The van der Waals surface area contributed by atoms with E-state index < -0.39 is 0 Å². The standard InChI is InChI=1S/C15H23NO3/c1-3-13-5-7-14(8-6-13)11-16-9-4-10-19-15(17)12-18-2/h5-8,16H,3-4,9-12H2,1-2H3. The highest BCUT2D eigenvalue weighted by Crippen LogP contribution is 2.04. The molecule has 0 bridgehead atoms. The van der Waals surface area contributed by atoms with E-state index in [1.807, 2.05) is 0 Å². The highest BCUT2D eigenvalue weighted by atomic mass is 16.6. The first kappa shape index (κ1) is 15.7. The van der Waals surface area contributed by atoms with Gasteiger partial charge in [0.25, 0.3) is 0 Å². The number of aryl methyl sites for hydroxylation is 1. The number of hydrogen-bond acceptors (Lipinski definition) is 4. The van der Waals surface area contributed by atoms with Crippen LogP contribution in [0.5, 0.6) is 0 Å². The van der Waals surface area contributed by atoms with Gasteiger partial charge in [-0.3, -0.25) is 0 Å². The molecule has 0 heterocycles. The summed E-state index contributed by atoms with van der Waals surface area (Å²) in [4.78, 5) is 11.0. The smallest absolute Gasteiger partial charge is 0.332 e. The lowest BCUT2D eigenvalue weighted by atomic mass is 10.1. The number of esters is 1. The van der Waals surface area contributed by atoms with Gasteiger partial charge in [-0.05, 0) is 30.5 Å². The molecule has 1 aromatic rings. The van der Waals surface area contributed by atoms with Gasteiger partial charge in [-0.15, -0.1) is 0 Å². The molecule has 0 atom stereocenters. The van der Waals surface area contributed by atoms with Crippen molar-refractivity contribution < 1.29 is 14.3 Å². The summed E-state index contributed by atoms with van der Waals surface area (Å²) >= 11 is 0. The van der Waals surface area contributed by atoms with E-state index in [4.69, 9.17) is 4.74 Å². The molecule has 0 saturated carbocycles. The number of rotatable bonds is 9. The third kappa shape index (κ3) is 6.94. The zero-order valence-corrected chi connectivity index (χ0v) is 11.8. The van der Waals surface area contributed by atoms with Crippen LogP contribution in [0.3, 0.4) is 0 Å². The number of benzene rings is 1. The van der Waals surface area contributed by atoms with Crippen LogP contribution >= 0.6 is 0 Å². The van der Waals surface area contributed by atoms with Crippen LogP contribution in [0.1, 0.15) is 24.5 Å². The van der Waals surface area contributed by atoms with Crippen molar-refractivity contribution in [3.8, 4) is 0 Å². The van der Waals surface area contributed by atoms with Gasteiger partial charge < -0.3 is 14.8 Å². The first-order valence-corrected chi connectivity index (χ1v) is 6.69. The van der Waals surface area contributed by atoms with Crippen molar-refractivity contribution in [2.24, 2.45) is 0 Å². The topological polar surface area (TPSA) is 47.6 Å². The van der Waals surface area contributed by atoms with E-state index in [-0.39, 0.29) is 12.6 Å². The first-order valence-electron chi connectivity index (χ1n) is 6.69. The van der Waals surface area contributed by atoms with Gasteiger partial charge in [0.2, 0.25) is 0 Å². The molecule has 1 aromatic carbocycles. The van der Waals surface area contributed by atoms with E-state index in [9.17, 15) is 4.79 Å². The molecule has 0 aliphatic heterocycles. The van der Waals surface area contributed by atoms with Gasteiger partial charge in [0, 0.05) is 13.7 Å². The summed E-state index contributed by atoms with van der Waals surface area (Å²) in [6.45, 7) is 4.28. The fourth-order valence-corrected chi connectivity index (χ4v) is 1.67. The molecule has 0 fully saturated rings. The molecule has 0 spiro atoms. The summed E-state index contributed by atoms with van der Waals surface area (Å²) < 4.78 is 9.63. The highest BCUT2D eigenvalue weighted by molar-refractivity contribution is 5.70. The summed E-state index contributed by atoms with van der Waals surface area (Å²) in [5.74, 6) is -0.308. The third-order valence-corrected chi connectivity index (χ3v) is 2.78. The summed E-state index contributed by atoms with van der Waals surface area (Å²) in [5.41, 5.74) is 2.63. The van der Waals surface area contributed by atoms with Crippen molar-refractivity contribution in [1.82, 2.24) is 5.32 Å². The van der Waals surface area contributed by atoms with Gasteiger partial charge in [0.15, 0.2) is 0 Å². The van der Waals surface area contributed by atoms with E-state index in [1.165, 1.54) is 18.2 Å². The van der Waals surface area contributed by atoms with Crippen molar-refractivity contribution in [3.05, 3.63) is 35.4 Å². The lowest BCUT2D eigenvalue weighted by molar-refractivity contribution is -0.147. The molecular formula is C15H23NO3. The van der Waals surface area contributed by atoms with Gasteiger partial charge in [0.1, 0.15) is 6.61 Å². The molecule has 0 aliphatic rings. The van der Waals surface area contributed by atoms with Crippen LogP contribution < -0.4 is 5.32 Å². The van der Waals surface area contributed by atoms with Crippen molar-refractivity contribution in [2.75, 3.05) is 26.9 Å². The van der Waals surface area contributed by atoms with Crippen molar-refractivity contribution in [2.45, 2.75) is 26.3 Å². The average molecular weight is 265 g/mol. The second-order valence-corrected chi connectivity index (χ2v) is 4.35. The van der Waals surface area contributed by atoms with Crippen LogP contribution in [0.2, 0.25) is 0 Å². The zero-order valence-electron chi connectivity index (χ0n) is 11.8. The maximum atomic E-state index is 11.0. The lowest BCUT2D eigenvalue weighted by Crippen LogP contribution is -2.18. The molecule has 1 rings (SSSR count). The monoisotopic (exact) mass is 265 g/mol. The van der Waals surface area contributed by atoms with E-state index in [1.54, 1.807) is 0 Å². The minimum absolute atomic E-state index is 0.0250. The van der Waals surface area contributed by atoms with Crippen molar-refractivity contribution in [1.29, 1.82) is 0 Å². The molecule has 1 N–H and O–H groups in total. The van der Waals surface area contributed by atoms with Crippen LogP contribution in [0, 0.1) is 0 Å². The Kier molecular flexibility index (Phi) is 7.86. The molecule has 0 unspecified atom stereocenters. The number of methoxy groups -OCH3 is 1. The summed E-state index contributed by atoms with van der Waals surface area (Å²) in [7, 11) is 1.48. The first-order chi connectivity index (χ1) is 9.26. The van der Waals surface area contributed by atoms with E-state index in [0.29, 0.717) is 6.61 Å². The van der Waals surface area contributed by atoms with Crippen LogP contribution in [0.25, 0.3) is 0 Å². The third-order valence-electron chi connectivity index (χ3n) is 2.78. The average Bonchev–Trinajstić information content (AvgIpc) is 2.43. The van der Waals surface area contributed by atoms with Gasteiger partial charge in [-0.25, -0.2) is 4.79 Å². The minimum Gasteiger partial charge on any atom is -0.464 e. The number of ether oxygens (including phenoxy) is 2. The SMILES string of the molecule is CCc1ccc(CNCCCOC(=O)COC)cc1. The van der Waals surface area contributed by atoms with Gasteiger partial charge in [0.05, 0.1) is 6.61 Å². The molecule has 4 nitrogen and oxygen atoms in total. The molecule has 0 aromatic heterocycles. The Morgan fingerprint density at radius 3 is 2.53 bits per heavy atom. The maximum absolute atomic E-state index is 11.0. The van der Waals surface area contributed by atoms with Crippen LogP contribution in [-0.4, -0.2) is 32.8 Å². The van der Waals surface area contributed by atoms with Gasteiger partial charge >= 0.3 is 5.97 Å². The molecule has 19 heavy (non-hydrogen) atoms. The molecule has 0 saturated heterocycles. The Hall–Kier alpha value is -1.39. The Morgan fingerprint density at radius 1 is 1.21 bits per heavy atom. The fraction of sp³-hybridized carbons (Fsp3) is 0.533. The van der Waals surface area contributed by atoms with Crippen LogP contribution in [0.15, 0.2) is 24.3 Å². The molecule has 106 valence electrons. The molecular weight excluding hydrogens is 242 g/mol. The summed E-state index contributed by atoms with van der Waals surface area (Å²) in [6.07, 6.45) is 1.88. The maximum Gasteiger partial charge on any atom is 0.332 e. The Bertz CT molecular complexity index is 362. The van der Waals surface area contributed by atoms with Gasteiger partial charge in [-0.2, -0.15) is 0 Å². The zero-order chi connectivity index (χ0) is 13.9. The normalized spacial score (nSPS) is 10.4. The Balaban J connectivity index is 2.05. The molecule has 0 amide bonds. The van der Waals surface area contributed by atoms with Crippen LogP contribution in [0.4, 0.5) is 0 Å². The second-order valence-electron chi connectivity index (χ2n) is 4.35. The molecule has 4 heteroatoms. The predicted octanol–water partition coefficient (Wildman–Crippen LogP) is 1.92. The summed E-state index contributed by atoms with van der Waals surface area (Å²) in [5, 5.41) is 3.32. The lowest BCUT2D eigenvalue weighted by Gasteiger charge is -2.06. The van der Waals surface area contributed by atoms with Crippen molar-refractivity contribution >= 4 is 5.97 Å². The van der Waals surface area contributed by atoms with Crippen LogP contribution in [-0.2, 0) is 27.2 Å². The van der Waals surface area contributed by atoms with E-state index >= 15 is 0 Å². The molecule has 0 radical (unpaired) electrons. The number of carbonyl (C=O) groups is 1. The second kappa shape index (κ2) is 9.53. The predicted molar refractivity (Wildman–Crippen MR) is 75.0 cm³/mol. The number of nitrogens with one attached hydrogen (secondary N) is 1. The molecule has 0 aliphatic carbocycles. The Morgan fingerprint density at radius 2 is 1.89 bits per heavy atom. The number of hydrogen-bond donors (Lipinski definition) is 1. The van der Waals surface area contributed by atoms with E-state index in [0.717, 1.165) is 25.9 Å². The van der Waals surface area contributed by atoms with Gasteiger partial charge in [-0.1, -0.05) is 31.2 Å². The minimum atomic E-state index is -0.308. The largest absolute Gasteiger partial charge is 0.464 e. The Labute approximate surface area is 115 Å².